The number of esters is 1. The van der Waals surface area contributed by atoms with Crippen molar-refractivity contribution in [2.45, 2.75) is 51.0 Å². The summed E-state index contributed by atoms with van der Waals surface area (Å²) in [7, 11) is 0. The molecule has 1 aliphatic heterocycles. The van der Waals surface area contributed by atoms with Crippen molar-refractivity contribution in [3.63, 3.8) is 0 Å². The van der Waals surface area contributed by atoms with Gasteiger partial charge in [-0.05, 0) is 53.0 Å². The van der Waals surface area contributed by atoms with Crippen LogP contribution in [0, 0.1) is 10.8 Å². The van der Waals surface area contributed by atoms with E-state index in [1.807, 2.05) is 23.1 Å². The van der Waals surface area contributed by atoms with Gasteiger partial charge in [-0.25, -0.2) is 0 Å². The molecule has 1 aliphatic carbocycles. The molecule has 1 heterocycles. The van der Waals surface area contributed by atoms with Crippen molar-refractivity contribution in [3.05, 3.63) is 42.5 Å². The molecule has 2 fully saturated rings. The first kappa shape index (κ1) is 20.3. The van der Waals surface area contributed by atoms with Crippen molar-refractivity contribution in [1.29, 1.82) is 0 Å². The zero-order chi connectivity index (χ0) is 20.6. The summed E-state index contributed by atoms with van der Waals surface area (Å²) in [6.45, 7) is 7.48. The molecule has 2 bridgehead atoms. The topological polar surface area (TPSA) is 46.6 Å². The van der Waals surface area contributed by atoms with Gasteiger partial charge in [0.05, 0.1) is 5.75 Å². The highest BCUT2D eigenvalue weighted by Crippen LogP contribution is 2.52. The molecule has 1 amide bonds. The maximum Gasteiger partial charge on any atom is 0.316 e. The van der Waals surface area contributed by atoms with Gasteiger partial charge in [0.1, 0.15) is 0 Å². The molecule has 0 aromatic heterocycles. The van der Waals surface area contributed by atoms with Gasteiger partial charge >= 0.3 is 5.97 Å². The van der Waals surface area contributed by atoms with Crippen LogP contribution in [0.1, 0.15) is 40.0 Å². The minimum atomic E-state index is -0.342. The van der Waals surface area contributed by atoms with E-state index in [4.69, 9.17) is 4.74 Å². The molecular formula is C24H29NO3S. The molecular weight excluding hydrogens is 382 g/mol. The van der Waals surface area contributed by atoms with Crippen molar-refractivity contribution in [3.8, 4) is 0 Å². The number of ether oxygens (including phenoxy) is 1. The lowest BCUT2D eigenvalue weighted by atomic mass is 9.65. The monoisotopic (exact) mass is 411 g/mol. The summed E-state index contributed by atoms with van der Waals surface area (Å²) in [5, 5.41) is 2.33. The third-order valence-electron chi connectivity index (χ3n) is 6.17. The van der Waals surface area contributed by atoms with Crippen LogP contribution in [0.4, 0.5) is 0 Å². The molecule has 4 rings (SSSR count). The van der Waals surface area contributed by atoms with Crippen LogP contribution >= 0.6 is 11.8 Å². The molecule has 1 saturated heterocycles. The van der Waals surface area contributed by atoms with Gasteiger partial charge in [0.15, 0.2) is 6.61 Å². The Hall–Kier alpha value is -2.01. The number of carbonyl (C=O) groups is 2. The number of hydrogen-bond acceptors (Lipinski definition) is 4. The van der Waals surface area contributed by atoms with E-state index in [1.54, 1.807) is 0 Å². The van der Waals surface area contributed by atoms with Crippen LogP contribution in [0.3, 0.4) is 0 Å². The van der Waals surface area contributed by atoms with Gasteiger partial charge in [-0.1, -0.05) is 51.1 Å². The van der Waals surface area contributed by atoms with Gasteiger partial charge in [-0.3, -0.25) is 9.59 Å². The van der Waals surface area contributed by atoms with Crippen molar-refractivity contribution in [2.75, 3.05) is 18.9 Å². The van der Waals surface area contributed by atoms with Crippen LogP contribution in [0.5, 0.6) is 0 Å². The fraction of sp³-hybridized carbons (Fsp3) is 0.500. The van der Waals surface area contributed by atoms with E-state index < -0.39 is 0 Å². The Balaban J connectivity index is 1.28. The summed E-state index contributed by atoms with van der Waals surface area (Å²) in [5.74, 6) is -0.189. The summed E-state index contributed by atoms with van der Waals surface area (Å²) in [6.07, 6.45) is 3.23. The van der Waals surface area contributed by atoms with Crippen molar-refractivity contribution >= 4 is 34.4 Å². The minimum Gasteiger partial charge on any atom is -0.455 e. The highest BCUT2D eigenvalue weighted by molar-refractivity contribution is 8.00. The molecule has 2 aliphatic rings. The van der Waals surface area contributed by atoms with Gasteiger partial charge in [0.2, 0.25) is 0 Å². The second-order valence-corrected chi connectivity index (χ2v) is 10.7. The third kappa shape index (κ3) is 4.61. The number of likely N-dealkylation sites (tertiary alicyclic amines) is 1. The van der Waals surface area contributed by atoms with E-state index in [9.17, 15) is 9.59 Å². The fourth-order valence-corrected chi connectivity index (χ4v) is 6.16. The maximum absolute atomic E-state index is 12.7. The minimum absolute atomic E-state index is 0.0551. The van der Waals surface area contributed by atoms with Crippen LogP contribution in [-0.4, -0.2) is 41.7 Å². The maximum atomic E-state index is 12.7. The molecule has 2 aromatic carbocycles. The second-order valence-electron chi connectivity index (χ2n) is 9.69. The Labute approximate surface area is 177 Å². The number of hydrogen-bond donors (Lipinski definition) is 0. The summed E-state index contributed by atoms with van der Waals surface area (Å²) in [5.41, 5.74) is 0.456. The quantitative estimate of drug-likeness (QED) is 0.518. The summed E-state index contributed by atoms with van der Waals surface area (Å²) in [4.78, 5) is 27.9. The number of benzene rings is 2. The largest absolute Gasteiger partial charge is 0.455 e. The van der Waals surface area contributed by atoms with E-state index >= 15 is 0 Å². The molecule has 0 radical (unpaired) electrons. The van der Waals surface area contributed by atoms with Gasteiger partial charge < -0.3 is 9.64 Å². The molecule has 0 unspecified atom stereocenters. The van der Waals surface area contributed by atoms with Crippen LogP contribution in [0.25, 0.3) is 10.8 Å². The number of amides is 1. The summed E-state index contributed by atoms with van der Waals surface area (Å²) < 4.78 is 5.31. The molecule has 0 N–H and O–H groups in total. The van der Waals surface area contributed by atoms with Gasteiger partial charge in [-0.15, -0.1) is 11.8 Å². The number of nitrogens with zero attached hydrogens (tertiary/aromatic N) is 1. The van der Waals surface area contributed by atoms with Crippen molar-refractivity contribution < 1.29 is 14.3 Å². The van der Waals surface area contributed by atoms with E-state index in [1.165, 1.54) is 17.1 Å². The SMILES string of the molecule is CC1(C)C[C@H]2C[C@](C)(CN2C(=O)COC(=O)CSc2ccc3ccccc3c2)C1. The zero-order valence-electron chi connectivity index (χ0n) is 17.4. The van der Waals surface area contributed by atoms with Gasteiger partial charge in [-0.2, -0.15) is 0 Å². The molecule has 1 saturated carbocycles. The molecule has 154 valence electrons. The standard InChI is InChI=1S/C24H29NO3S/c1-23(2)11-19-12-24(3,15-23)16-25(19)21(26)13-28-22(27)14-29-20-9-8-17-6-4-5-7-18(17)10-20/h4-10,19H,11-16H2,1-3H3/t19-,24-/m0/s1. The van der Waals surface area contributed by atoms with Crippen molar-refractivity contribution in [1.82, 2.24) is 4.90 Å². The molecule has 29 heavy (non-hydrogen) atoms. The average molecular weight is 412 g/mol. The number of rotatable bonds is 5. The Kier molecular flexibility index (Phi) is 5.36. The lowest BCUT2D eigenvalue weighted by Crippen LogP contribution is -2.40. The number of carbonyl (C=O) groups excluding carboxylic acids is 2. The highest BCUT2D eigenvalue weighted by Gasteiger charge is 2.50. The van der Waals surface area contributed by atoms with Crippen molar-refractivity contribution in [2.24, 2.45) is 10.8 Å². The van der Waals surface area contributed by atoms with Gasteiger partial charge in [0.25, 0.3) is 5.91 Å². The summed E-state index contributed by atoms with van der Waals surface area (Å²) in [6, 6.07) is 14.6. The van der Waals surface area contributed by atoms with E-state index in [0.29, 0.717) is 0 Å². The third-order valence-corrected chi connectivity index (χ3v) is 7.14. The first-order chi connectivity index (χ1) is 13.7. The Morgan fingerprint density at radius 3 is 2.66 bits per heavy atom. The smallest absolute Gasteiger partial charge is 0.316 e. The molecule has 2 atom stereocenters. The highest BCUT2D eigenvalue weighted by atomic mass is 32.2. The van der Waals surface area contributed by atoms with Crippen LogP contribution in [0.2, 0.25) is 0 Å². The average Bonchev–Trinajstić information content (AvgIpc) is 2.93. The van der Waals surface area contributed by atoms with E-state index in [2.05, 4.69) is 45.0 Å². The lowest BCUT2D eigenvalue weighted by Gasteiger charge is -2.39. The first-order valence-electron chi connectivity index (χ1n) is 10.3. The van der Waals surface area contributed by atoms with E-state index in [-0.39, 0.29) is 41.1 Å². The van der Waals surface area contributed by atoms with Crippen LogP contribution < -0.4 is 0 Å². The fourth-order valence-electron chi connectivity index (χ4n) is 5.42. The van der Waals surface area contributed by atoms with Crippen LogP contribution in [0.15, 0.2) is 47.4 Å². The molecule has 0 spiro atoms. The molecule has 4 nitrogen and oxygen atoms in total. The molecule has 2 aromatic rings. The predicted molar refractivity (Wildman–Crippen MR) is 117 cm³/mol. The Morgan fingerprint density at radius 2 is 1.86 bits per heavy atom. The van der Waals surface area contributed by atoms with E-state index in [0.717, 1.165) is 36.1 Å². The number of thioether (sulfide) groups is 1. The number of fused-ring (bicyclic) bond motifs is 3. The normalized spacial score (nSPS) is 25.2. The first-order valence-corrected chi connectivity index (χ1v) is 11.3. The van der Waals surface area contributed by atoms with Gasteiger partial charge in [0, 0.05) is 17.5 Å². The molecule has 5 heteroatoms. The lowest BCUT2D eigenvalue weighted by molar-refractivity contribution is -0.150. The zero-order valence-corrected chi connectivity index (χ0v) is 18.3. The van der Waals surface area contributed by atoms with Crippen LogP contribution in [-0.2, 0) is 14.3 Å². The Bertz CT molecular complexity index is 941. The second kappa shape index (κ2) is 7.67. The Morgan fingerprint density at radius 1 is 1.10 bits per heavy atom. The summed E-state index contributed by atoms with van der Waals surface area (Å²) >= 11 is 1.44. The predicted octanol–water partition coefficient (Wildman–Crippen LogP) is 4.90.